The minimum atomic E-state index is -1.04. The highest BCUT2D eigenvalue weighted by atomic mass is 16.4. The molecule has 0 aliphatic rings. The van der Waals surface area contributed by atoms with Crippen LogP contribution in [0, 0.1) is 11.3 Å². The quantitative estimate of drug-likeness (QED) is 0.422. The number of carbonyl (C=O) groups is 2. The van der Waals surface area contributed by atoms with Crippen LogP contribution >= 0.6 is 0 Å². The maximum Gasteiger partial charge on any atom is 0.291 e. The summed E-state index contributed by atoms with van der Waals surface area (Å²) in [5, 5.41) is 21.0. The van der Waals surface area contributed by atoms with Crippen molar-refractivity contribution in [1.29, 1.82) is 5.26 Å². The van der Waals surface area contributed by atoms with E-state index in [4.69, 9.17) is 10.5 Å². The van der Waals surface area contributed by atoms with E-state index in [0.717, 1.165) is 0 Å². The third-order valence-electron chi connectivity index (χ3n) is 1.68. The van der Waals surface area contributed by atoms with Crippen molar-refractivity contribution in [1.82, 2.24) is 5.32 Å². The smallest absolute Gasteiger partial charge is 0.291 e. The van der Waals surface area contributed by atoms with Crippen LogP contribution in [0.15, 0.2) is 35.5 Å². The fourth-order valence-electron chi connectivity index (χ4n) is 0.943. The molecule has 0 aromatic heterocycles. The second-order valence-corrected chi connectivity index (χ2v) is 2.71. The summed E-state index contributed by atoms with van der Waals surface area (Å²) in [5.74, 6) is -1.71. The summed E-state index contributed by atoms with van der Waals surface area (Å²) in [6.07, 6.45) is 0. The first-order chi connectivity index (χ1) is 7.69. The second-order valence-electron chi connectivity index (χ2n) is 2.71. The van der Waals surface area contributed by atoms with Crippen molar-refractivity contribution >= 4 is 17.5 Å². The molecule has 0 saturated carbocycles. The first-order valence-corrected chi connectivity index (χ1v) is 4.22. The van der Waals surface area contributed by atoms with Crippen molar-refractivity contribution < 1.29 is 14.8 Å². The molecule has 80 valence electrons. The van der Waals surface area contributed by atoms with Gasteiger partial charge in [0.1, 0.15) is 6.07 Å². The van der Waals surface area contributed by atoms with Crippen molar-refractivity contribution in [2.24, 2.45) is 5.16 Å². The van der Waals surface area contributed by atoms with Crippen LogP contribution in [-0.4, -0.2) is 22.7 Å². The predicted molar refractivity (Wildman–Crippen MR) is 53.7 cm³/mol. The molecule has 0 spiro atoms. The van der Waals surface area contributed by atoms with Gasteiger partial charge in [0.05, 0.1) is 0 Å². The van der Waals surface area contributed by atoms with Gasteiger partial charge in [-0.05, 0) is 12.1 Å². The minimum Gasteiger partial charge on any atom is -0.410 e. The van der Waals surface area contributed by atoms with Crippen LogP contribution in [0.5, 0.6) is 0 Å². The molecular formula is C10H7N3O3. The highest BCUT2D eigenvalue weighted by molar-refractivity contribution is 6.47. The molecule has 1 aromatic carbocycles. The number of rotatable bonds is 2. The van der Waals surface area contributed by atoms with Gasteiger partial charge in [0.2, 0.25) is 5.71 Å². The summed E-state index contributed by atoms with van der Waals surface area (Å²) in [5.41, 5.74) is -0.504. The summed E-state index contributed by atoms with van der Waals surface area (Å²) in [4.78, 5) is 22.6. The molecular weight excluding hydrogens is 210 g/mol. The largest absolute Gasteiger partial charge is 0.410 e. The van der Waals surface area contributed by atoms with Crippen LogP contribution in [0.3, 0.4) is 0 Å². The third-order valence-corrected chi connectivity index (χ3v) is 1.68. The molecule has 0 saturated heterocycles. The number of nitrogens with zero attached hydrogens (tertiary/aromatic N) is 2. The maximum atomic E-state index is 11.4. The highest BCUT2D eigenvalue weighted by Gasteiger charge is 2.15. The van der Waals surface area contributed by atoms with Gasteiger partial charge in [-0.3, -0.25) is 14.9 Å². The zero-order chi connectivity index (χ0) is 12.0. The van der Waals surface area contributed by atoms with Crippen molar-refractivity contribution in [3.8, 4) is 6.07 Å². The molecule has 0 bridgehead atoms. The molecule has 0 unspecified atom stereocenters. The molecule has 0 heterocycles. The molecule has 0 atom stereocenters. The van der Waals surface area contributed by atoms with Crippen molar-refractivity contribution in [3.63, 3.8) is 0 Å². The van der Waals surface area contributed by atoms with Crippen LogP contribution < -0.4 is 5.32 Å². The van der Waals surface area contributed by atoms with Crippen LogP contribution in [0.2, 0.25) is 0 Å². The molecule has 16 heavy (non-hydrogen) atoms. The Morgan fingerprint density at radius 3 is 2.44 bits per heavy atom. The molecule has 2 amide bonds. The Balaban J connectivity index is 2.74. The molecule has 2 N–H and O–H groups in total. The van der Waals surface area contributed by atoms with Crippen molar-refractivity contribution in [3.05, 3.63) is 35.9 Å². The van der Waals surface area contributed by atoms with Crippen LogP contribution in [0.1, 0.15) is 10.4 Å². The molecule has 0 fully saturated rings. The average Bonchev–Trinajstić information content (AvgIpc) is 2.31. The van der Waals surface area contributed by atoms with Crippen molar-refractivity contribution in [2.75, 3.05) is 0 Å². The number of benzene rings is 1. The zero-order valence-corrected chi connectivity index (χ0v) is 8.04. The number of nitriles is 1. The Morgan fingerprint density at radius 1 is 1.31 bits per heavy atom. The number of imide groups is 1. The van der Waals surface area contributed by atoms with E-state index in [1.165, 1.54) is 18.2 Å². The summed E-state index contributed by atoms with van der Waals surface area (Å²) in [6.45, 7) is 0. The Labute approximate surface area is 90.8 Å². The van der Waals surface area contributed by atoms with E-state index < -0.39 is 17.5 Å². The number of nitrogens with one attached hydrogen (secondary N) is 1. The van der Waals surface area contributed by atoms with E-state index in [1.54, 1.807) is 18.2 Å². The fraction of sp³-hybridized carbons (Fsp3) is 0. The third kappa shape index (κ3) is 2.65. The first kappa shape index (κ1) is 11.4. The lowest BCUT2D eigenvalue weighted by atomic mass is 10.2. The summed E-state index contributed by atoms with van der Waals surface area (Å²) >= 11 is 0. The molecule has 1 aromatic rings. The van der Waals surface area contributed by atoms with E-state index in [2.05, 4.69) is 5.16 Å². The average molecular weight is 217 g/mol. The Morgan fingerprint density at radius 2 is 1.94 bits per heavy atom. The minimum absolute atomic E-state index is 0.270. The predicted octanol–water partition coefficient (Wildman–Crippen LogP) is 0.297. The van der Waals surface area contributed by atoms with Gasteiger partial charge in [-0.15, -0.1) is 0 Å². The summed E-state index contributed by atoms with van der Waals surface area (Å²) in [6, 6.07) is 9.33. The van der Waals surface area contributed by atoms with Crippen LogP contribution in [0.4, 0.5) is 0 Å². The number of amides is 2. The molecule has 0 aliphatic carbocycles. The monoisotopic (exact) mass is 217 g/mol. The molecule has 0 aliphatic heterocycles. The van der Waals surface area contributed by atoms with Gasteiger partial charge in [-0.2, -0.15) is 5.26 Å². The second kappa shape index (κ2) is 5.26. The van der Waals surface area contributed by atoms with E-state index in [9.17, 15) is 9.59 Å². The zero-order valence-electron chi connectivity index (χ0n) is 8.04. The normalized spacial score (nSPS) is 10.3. The molecule has 0 radical (unpaired) electrons. The standard InChI is InChI=1S/C10H7N3O3/c11-6-8(13-16)10(15)12-9(14)7-4-2-1-3-5-7/h1-5,16H,(H,12,14,15)/b13-8+. The first-order valence-electron chi connectivity index (χ1n) is 4.22. The molecule has 6 heteroatoms. The molecule has 6 nitrogen and oxygen atoms in total. The van der Waals surface area contributed by atoms with Crippen LogP contribution in [-0.2, 0) is 4.79 Å². The SMILES string of the molecule is N#C/C(=N\O)C(=O)NC(=O)c1ccccc1. The van der Waals surface area contributed by atoms with E-state index in [0.29, 0.717) is 0 Å². The number of carbonyl (C=O) groups excluding carboxylic acids is 2. The summed E-state index contributed by atoms with van der Waals surface area (Å²) < 4.78 is 0. The van der Waals surface area contributed by atoms with Crippen molar-refractivity contribution in [2.45, 2.75) is 0 Å². The van der Waals surface area contributed by atoms with E-state index in [-0.39, 0.29) is 5.56 Å². The van der Waals surface area contributed by atoms with Gasteiger partial charge in [0, 0.05) is 5.56 Å². The fourth-order valence-corrected chi connectivity index (χ4v) is 0.943. The lowest BCUT2D eigenvalue weighted by Gasteiger charge is -2.00. The Bertz CT molecular complexity index is 474. The van der Waals surface area contributed by atoms with E-state index in [1.807, 2.05) is 5.32 Å². The Kier molecular flexibility index (Phi) is 3.75. The van der Waals surface area contributed by atoms with Crippen LogP contribution in [0.25, 0.3) is 0 Å². The van der Waals surface area contributed by atoms with Gasteiger partial charge in [-0.1, -0.05) is 23.4 Å². The highest BCUT2D eigenvalue weighted by Crippen LogP contribution is 1.97. The lowest BCUT2D eigenvalue weighted by Crippen LogP contribution is -2.35. The number of hydrogen-bond acceptors (Lipinski definition) is 5. The van der Waals surface area contributed by atoms with Gasteiger partial charge in [-0.25, -0.2) is 0 Å². The van der Waals surface area contributed by atoms with Gasteiger partial charge in [0.15, 0.2) is 0 Å². The number of hydrogen-bond donors (Lipinski definition) is 2. The Hall–Kier alpha value is -2.68. The molecule has 1 rings (SSSR count). The topological polar surface area (TPSA) is 103 Å². The van der Waals surface area contributed by atoms with Gasteiger partial charge in [0.25, 0.3) is 11.8 Å². The lowest BCUT2D eigenvalue weighted by molar-refractivity contribution is -0.113. The van der Waals surface area contributed by atoms with Gasteiger partial charge < -0.3 is 5.21 Å². The van der Waals surface area contributed by atoms with E-state index >= 15 is 0 Å². The summed E-state index contributed by atoms with van der Waals surface area (Å²) in [7, 11) is 0. The van der Waals surface area contributed by atoms with Gasteiger partial charge >= 0.3 is 0 Å². The number of oxime groups is 1. The maximum absolute atomic E-state index is 11.4.